The minimum absolute atomic E-state index is 0.311. The number of pyridine rings is 1. The lowest BCUT2D eigenvalue weighted by Crippen LogP contribution is -2.33. The van der Waals surface area contributed by atoms with E-state index in [0.29, 0.717) is 27.0 Å². The van der Waals surface area contributed by atoms with Crippen molar-refractivity contribution in [1.82, 2.24) is 4.98 Å². The van der Waals surface area contributed by atoms with E-state index < -0.39 is 23.8 Å². The highest BCUT2D eigenvalue weighted by molar-refractivity contribution is 6.37. The van der Waals surface area contributed by atoms with Crippen molar-refractivity contribution >= 4 is 46.4 Å². The van der Waals surface area contributed by atoms with Gasteiger partial charge >= 0.3 is 0 Å². The van der Waals surface area contributed by atoms with Crippen molar-refractivity contribution in [1.29, 1.82) is 0 Å². The minimum Gasteiger partial charge on any atom is -0.381 e. The van der Waals surface area contributed by atoms with E-state index in [2.05, 4.69) is 10.1 Å². The third-order valence-corrected chi connectivity index (χ3v) is 4.31. The van der Waals surface area contributed by atoms with Gasteiger partial charge in [0.05, 0.1) is 5.69 Å². The third-order valence-electron chi connectivity index (χ3n) is 3.87. The van der Waals surface area contributed by atoms with Crippen LogP contribution in [0.3, 0.4) is 0 Å². The van der Waals surface area contributed by atoms with Crippen molar-refractivity contribution in [3.63, 3.8) is 0 Å². The number of nitrogens with zero attached hydrogens (tertiary/aromatic N) is 3. The highest BCUT2D eigenvalue weighted by Gasteiger charge is 2.56. The summed E-state index contributed by atoms with van der Waals surface area (Å²) in [6, 6.07) is 8.02. The molecule has 1 aromatic carbocycles. The normalized spacial score (nSPS) is 22.4. The molecule has 1 fully saturated rings. The van der Waals surface area contributed by atoms with E-state index in [1.807, 2.05) is 0 Å². The molecule has 6 nitrogen and oxygen atoms in total. The number of hydrogen-bond acceptors (Lipinski definition) is 5. The van der Waals surface area contributed by atoms with Crippen molar-refractivity contribution in [2.24, 2.45) is 11.1 Å². The van der Waals surface area contributed by atoms with Gasteiger partial charge in [0.1, 0.15) is 11.6 Å². The molecule has 0 unspecified atom stereocenters. The van der Waals surface area contributed by atoms with Gasteiger partial charge in [-0.25, -0.2) is 4.90 Å². The van der Waals surface area contributed by atoms with Gasteiger partial charge in [-0.3, -0.25) is 14.6 Å². The van der Waals surface area contributed by atoms with E-state index in [1.165, 1.54) is 18.2 Å². The molecule has 3 heterocycles. The van der Waals surface area contributed by atoms with Crippen LogP contribution in [0.2, 0.25) is 10.0 Å². The Morgan fingerprint density at radius 3 is 2.50 bits per heavy atom. The molecule has 0 N–H and O–H groups in total. The standard InChI is InChI=1S/C16H9Cl2N3O3/c17-9-4-10(18)6-11(5-9)21-15(22)12-13(8-2-1-3-19-7-8)20-24-14(12)16(21)23/h1-7,12,14H/t12-,14+/m1/s1. The molecule has 0 bridgehead atoms. The van der Waals surface area contributed by atoms with Crippen molar-refractivity contribution in [3.8, 4) is 0 Å². The molecule has 2 atom stereocenters. The maximum Gasteiger partial charge on any atom is 0.278 e. The number of amides is 2. The fourth-order valence-electron chi connectivity index (χ4n) is 2.85. The largest absolute Gasteiger partial charge is 0.381 e. The van der Waals surface area contributed by atoms with Gasteiger partial charge in [-0.2, -0.15) is 0 Å². The molecular weight excluding hydrogens is 353 g/mol. The number of aromatic nitrogens is 1. The van der Waals surface area contributed by atoms with Gasteiger partial charge in [0.15, 0.2) is 0 Å². The van der Waals surface area contributed by atoms with Crippen LogP contribution in [-0.4, -0.2) is 28.6 Å². The first-order chi connectivity index (χ1) is 11.6. The fraction of sp³-hybridized carbons (Fsp3) is 0.125. The lowest BCUT2D eigenvalue weighted by Gasteiger charge is -2.16. The van der Waals surface area contributed by atoms with E-state index in [1.54, 1.807) is 24.5 Å². The van der Waals surface area contributed by atoms with Crippen LogP contribution in [0.15, 0.2) is 47.9 Å². The van der Waals surface area contributed by atoms with Gasteiger partial charge in [0.25, 0.3) is 5.91 Å². The van der Waals surface area contributed by atoms with Gasteiger partial charge in [0, 0.05) is 28.0 Å². The Morgan fingerprint density at radius 2 is 1.83 bits per heavy atom. The molecule has 0 aliphatic carbocycles. The topological polar surface area (TPSA) is 71.9 Å². The number of halogens is 2. The quantitative estimate of drug-likeness (QED) is 0.770. The Bertz CT molecular complexity index is 865. The smallest absolute Gasteiger partial charge is 0.278 e. The molecule has 4 rings (SSSR count). The Hall–Kier alpha value is -2.44. The first-order valence-electron chi connectivity index (χ1n) is 7.04. The predicted octanol–water partition coefficient (Wildman–Crippen LogP) is 2.68. The molecule has 0 spiro atoms. The molecule has 24 heavy (non-hydrogen) atoms. The second kappa shape index (κ2) is 5.58. The van der Waals surface area contributed by atoms with Gasteiger partial charge in [0.2, 0.25) is 12.0 Å². The Balaban J connectivity index is 1.73. The van der Waals surface area contributed by atoms with Crippen molar-refractivity contribution in [3.05, 3.63) is 58.3 Å². The molecule has 2 aromatic rings. The second-order valence-electron chi connectivity index (χ2n) is 5.36. The van der Waals surface area contributed by atoms with Gasteiger partial charge in [-0.1, -0.05) is 28.4 Å². The highest BCUT2D eigenvalue weighted by atomic mass is 35.5. The van der Waals surface area contributed by atoms with Crippen molar-refractivity contribution in [2.75, 3.05) is 4.90 Å². The third kappa shape index (κ3) is 2.26. The molecule has 2 aliphatic rings. The van der Waals surface area contributed by atoms with Gasteiger partial charge < -0.3 is 4.84 Å². The van der Waals surface area contributed by atoms with Crippen LogP contribution in [-0.2, 0) is 14.4 Å². The van der Waals surface area contributed by atoms with Crippen LogP contribution in [0.5, 0.6) is 0 Å². The highest BCUT2D eigenvalue weighted by Crippen LogP contribution is 2.36. The fourth-order valence-corrected chi connectivity index (χ4v) is 3.37. The van der Waals surface area contributed by atoms with E-state index in [0.717, 1.165) is 4.90 Å². The van der Waals surface area contributed by atoms with E-state index in [-0.39, 0.29) is 0 Å². The van der Waals surface area contributed by atoms with E-state index in [9.17, 15) is 9.59 Å². The number of carbonyl (C=O) groups is 2. The summed E-state index contributed by atoms with van der Waals surface area (Å²) in [6.45, 7) is 0. The maximum absolute atomic E-state index is 12.8. The summed E-state index contributed by atoms with van der Waals surface area (Å²) < 4.78 is 0. The molecule has 2 aliphatic heterocycles. The van der Waals surface area contributed by atoms with Crippen LogP contribution >= 0.6 is 23.2 Å². The van der Waals surface area contributed by atoms with Crippen LogP contribution in [0, 0.1) is 5.92 Å². The number of fused-ring (bicyclic) bond motifs is 1. The van der Waals surface area contributed by atoms with Crippen LogP contribution in [0.25, 0.3) is 0 Å². The molecule has 1 aromatic heterocycles. The molecular formula is C16H9Cl2N3O3. The lowest BCUT2D eigenvalue weighted by molar-refractivity contribution is -0.126. The monoisotopic (exact) mass is 361 g/mol. The average molecular weight is 362 g/mol. The summed E-state index contributed by atoms with van der Waals surface area (Å²) in [4.78, 5) is 35.7. The number of hydrogen-bond donors (Lipinski definition) is 0. The zero-order valence-electron chi connectivity index (χ0n) is 12.0. The Kier molecular flexibility index (Phi) is 3.51. The van der Waals surface area contributed by atoms with E-state index >= 15 is 0 Å². The second-order valence-corrected chi connectivity index (χ2v) is 6.23. The molecule has 120 valence electrons. The number of anilines is 1. The number of imide groups is 1. The van der Waals surface area contributed by atoms with Gasteiger partial charge in [-0.05, 0) is 30.3 Å². The summed E-state index contributed by atoms with van der Waals surface area (Å²) in [7, 11) is 0. The van der Waals surface area contributed by atoms with Gasteiger partial charge in [-0.15, -0.1) is 0 Å². The number of benzene rings is 1. The Morgan fingerprint density at radius 1 is 1.08 bits per heavy atom. The summed E-state index contributed by atoms with van der Waals surface area (Å²) in [6.07, 6.45) is 2.20. The maximum atomic E-state index is 12.8. The zero-order valence-corrected chi connectivity index (χ0v) is 13.5. The summed E-state index contributed by atoms with van der Waals surface area (Å²) in [5, 5.41) is 4.57. The lowest BCUT2D eigenvalue weighted by atomic mass is 9.95. The Labute approximate surface area is 146 Å². The number of carbonyl (C=O) groups excluding carboxylic acids is 2. The SMILES string of the molecule is O=C1[C@@H]2C(c3cccnc3)=NO[C@@H]2C(=O)N1c1cc(Cl)cc(Cl)c1. The molecule has 0 saturated carbocycles. The zero-order chi connectivity index (χ0) is 16.8. The predicted molar refractivity (Wildman–Crippen MR) is 88.1 cm³/mol. The number of rotatable bonds is 2. The van der Waals surface area contributed by atoms with Crippen molar-refractivity contribution < 1.29 is 14.4 Å². The van der Waals surface area contributed by atoms with Crippen molar-refractivity contribution in [2.45, 2.75) is 6.10 Å². The average Bonchev–Trinajstić information content (AvgIpc) is 3.08. The van der Waals surface area contributed by atoms with Crippen LogP contribution in [0.4, 0.5) is 5.69 Å². The summed E-state index contributed by atoms with van der Waals surface area (Å²) >= 11 is 11.9. The van der Waals surface area contributed by atoms with Crippen LogP contribution in [0.1, 0.15) is 5.56 Å². The molecule has 8 heteroatoms. The van der Waals surface area contributed by atoms with E-state index in [4.69, 9.17) is 28.0 Å². The van der Waals surface area contributed by atoms with Crippen LogP contribution < -0.4 is 4.90 Å². The summed E-state index contributed by atoms with van der Waals surface area (Å²) in [5.41, 5.74) is 1.34. The molecule has 2 amide bonds. The minimum atomic E-state index is -0.981. The molecule has 0 radical (unpaired) electrons. The first kappa shape index (κ1) is 15.1. The summed E-state index contributed by atoms with van der Waals surface area (Å²) in [5.74, 6) is -1.73. The number of oxime groups is 1. The first-order valence-corrected chi connectivity index (χ1v) is 7.80. The molecule has 1 saturated heterocycles.